The molecule has 0 radical (unpaired) electrons. The lowest BCUT2D eigenvalue weighted by Gasteiger charge is -2.30. The lowest BCUT2D eigenvalue weighted by Crippen LogP contribution is -2.44. The largest absolute Gasteiger partial charge is 0.466 e. The van der Waals surface area contributed by atoms with Crippen molar-refractivity contribution in [2.45, 2.75) is 46.5 Å². The summed E-state index contributed by atoms with van der Waals surface area (Å²) in [5.41, 5.74) is 0. The Labute approximate surface area is 114 Å². The molecule has 0 heterocycles. The van der Waals surface area contributed by atoms with E-state index in [9.17, 15) is 9.59 Å². The van der Waals surface area contributed by atoms with E-state index in [2.05, 4.69) is 0 Å². The third-order valence-corrected chi connectivity index (χ3v) is 2.53. The molecule has 0 aromatic carbocycles. The van der Waals surface area contributed by atoms with E-state index in [0.717, 1.165) is 0 Å². The predicted molar refractivity (Wildman–Crippen MR) is 68.4 cm³/mol. The number of rotatable bonds is 8. The van der Waals surface area contributed by atoms with Crippen LogP contribution in [0.1, 0.15) is 34.6 Å². The first-order valence-electron chi connectivity index (χ1n) is 6.35. The molecular weight excluding hydrogens is 252 g/mol. The highest BCUT2D eigenvalue weighted by molar-refractivity contribution is 5.83. The molecule has 0 rings (SSSR count). The lowest BCUT2D eigenvalue weighted by atomic mass is 10.0. The van der Waals surface area contributed by atoms with Crippen molar-refractivity contribution in [1.29, 1.82) is 0 Å². The van der Waals surface area contributed by atoms with Crippen molar-refractivity contribution in [3.8, 4) is 0 Å². The third-order valence-electron chi connectivity index (χ3n) is 2.53. The van der Waals surface area contributed by atoms with Gasteiger partial charge < -0.3 is 18.9 Å². The second kappa shape index (κ2) is 8.12. The van der Waals surface area contributed by atoms with Crippen LogP contribution in [0.2, 0.25) is 0 Å². The van der Waals surface area contributed by atoms with E-state index < -0.39 is 29.7 Å². The fraction of sp³-hybridized carbons (Fsp3) is 0.846. The molecule has 6 nitrogen and oxygen atoms in total. The molecule has 2 unspecified atom stereocenters. The molecule has 0 spiro atoms. The minimum Gasteiger partial charge on any atom is -0.466 e. The van der Waals surface area contributed by atoms with Crippen LogP contribution in [0.25, 0.3) is 0 Å². The van der Waals surface area contributed by atoms with Crippen molar-refractivity contribution in [3.05, 3.63) is 0 Å². The van der Waals surface area contributed by atoms with Gasteiger partial charge in [0.2, 0.25) is 0 Å². The maximum absolute atomic E-state index is 11.9. The summed E-state index contributed by atoms with van der Waals surface area (Å²) in [6, 6.07) is 0. The Morgan fingerprint density at radius 1 is 1.05 bits per heavy atom. The van der Waals surface area contributed by atoms with Crippen LogP contribution in [-0.2, 0) is 28.5 Å². The molecule has 0 aliphatic rings. The molecule has 0 aliphatic heterocycles. The van der Waals surface area contributed by atoms with E-state index in [1.54, 1.807) is 34.6 Å². The molecule has 112 valence electrons. The molecule has 0 aromatic heterocycles. The van der Waals surface area contributed by atoms with Gasteiger partial charge in [-0.3, -0.25) is 4.79 Å². The molecule has 0 fully saturated rings. The van der Waals surface area contributed by atoms with Crippen LogP contribution in [-0.4, -0.2) is 44.2 Å². The summed E-state index contributed by atoms with van der Waals surface area (Å²) in [5.74, 6) is -2.88. The number of ether oxygens (including phenoxy) is 4. The molecule has 0 bridgehead atoms. The Bertz CT molecular complexity index is 300. The molecule has 0 amide bonds. The Morgan fingerprint density at radius 3 is 1.95 bits per heavy atom. The maximum atomic E-state index is 11.9. The Hall–Kier alpha value is -1.14. The summed E-state index contributed by atoms with van der Waals surface area (Å²) in [6.07, 6.45) is -1.06. The van der Waals surface area contributed by atoms with Crippen LogP contribution >= 0.6 is 0 Å². The minimum atomic E-state index is -1.06. The fourth-order valence-electron chi connectivity index (χ4n) is 1.33. The Morgan fingerprint density at radius 2 is 1.53 bits per heavy atom. The van der Waals surface area contributed by atoms with Gasteiger partial charge >= 0.3 is 11.9 Å². The molecule has 0 saturated heterocycles. The van der Waals surface area contributed by atoms with E-state index in [1.165, 1.54) is 7.11 Å². The third kappa shape index (κ3) is 6.02. The van der Waals surface area contributed by atoms with Gasteiger partial charge in [0.15, 0.2) is 11.9 Å². The van der Waals surface area contributed by atoms with E-state index in [-0.39, 0.29) is 13.2 Å². The number of esters is 2. The van der Waals surface area contributed by atoms with Crippen LogP contribution in [0.5, 0.6) is 0 Å². The Balaban J connectivity index is 4.95. The highest BCUT2D eigenvalue weighted by Gasteiger charge is 2.37. The quantitative estimate of drug-likeness (QED) is 0.494. The summed E-state index contributed by atoms with van der Waals surface area (Å²) >= 11 is 0. The van der Waals surface area contributed by atoms with Gasteiger partial charge in [0.25, 0.3) is 0 Å². The van der Waals surface area contributed by atoms with E-state index >= 15 is 0 Å². The lowest BCUT2D eigenvalue weighted by molar-refractivity contribution is -0.239. The van der Waals surface area contributed by atoms with Gasteiger partial charge in [-0.1, -0.05) is 0 Å². The predicted octanol–water partition coefficient (Wildman–Crippen LogP) is 1.52. The molecule has 2 atom stereocenters. The number of carbonyl (C=O) groups excluding carboxylic acids is 2. The Kier molecular flexibility index (Phi) is 7.63. The number of carbonyl (C=O) groups is 2. The minimum absolute atomic E-state index is 0.210. The van der Waals surface area contributed by atoms with Crippen molar-refractivity contribution >= 4 is 11.9 Å². The van der Waals surface area contributed by atoms with E-state index in [4.69, 9.17) is 18.9 Å². The molecule has 0 N–H and O–H groups in total. The van der Waals surface area contributed by atoms with Crippen LogP contribution in [0.15, 0.2) is 0 Å². The van der Waals surface area contributed by atoms with Gasteiger partial charge in [0, 0.05) is 7.11 Å². The first kappa shape index (κ1) is 17.9. The van der Waals surface area contributed by atoms with Gasteiger partial charge in [-0.05, 0) is 34.6 Å². The van der Waals surface area contributed by atoms with Crippen LogP contribution < -0.4 is 0 Å². The molecule has 19 heavy (non-hydrogen) atoms. The van der Waals surface area contributed by atoms with Gasteiger partial charge in [-0.25, -0.2) is 4.79 Å². The summed E-state index contributed by atoms with van der Waals surface area (Å²) in [4.78, 5) is 23.6. The van der Waals surface area contributed by atoms with Crippen molar-refractivity contribution in [1.82, 2.24) is 0 Å². The van der Waals surface area contributed by atoms with Crippen LogP contribution in [0.3, 0.4) is 0 Å². The second-order valence-electron chi connectivity index (χ2n) is 4.44. The summed E-state index contributed by atoms with van der Waals surface area (Å²) in [6.45, 7) is 8.70. The average molecular weight is 276 g/mol. The highest BCUT2D eigenvalue weighted by atomic mass is 16.7. The first-order chi connectivity index (χ1) is 8.79. The van der Waals surface area contributed by atoms with E-state index in [1.807, 2.05) is 0 Å². The molecule has 6 heteroatoms. The molecule has 0 aromatic rings. The first-order valence-corrected chi connectivity index (χ1v) is 6.35. The maximum Gasteiger partial charge on any atom is 0.336 e. The number of methoxy groups -OCH3 is 1. The highest BCUT2D eigenvalue weighted by Crippen LogP contribution is 2.20. The number of hydrogen-bond donors (Lipinski definition) is 0. The van der Waals surface area contributed by atoms with Crippen LogP contribution in [0.4, 0.5) is 0 Å². The molecule has 0 saturated carbocycles. The average Bonchev–Trinajstić information content (AvgIpc) is 2.35. The summed E-state index contributed by atoms with van der Waals surface area (Å²) in [7, 11) is 1.46. The standard InChI is InChI=1S/C13H24O6/c1-7-17-11(14)9(3)10(12(15)18-8-2)19-13(4,5)16-6/h9-10H,7-8H2,1-6H3. The van der Waals surface area contributed by atoms with Gasteiger partial charge in [-0.2, -0.15) is 0 Å². The normalized spacial score (nSPS) is 14.6. The fourth-order valence-corrected chi connectivity index (χ4v) is 1.33. The van der Waals surface area contributed by atoms with Crippen LogP contribution in [0, 0.1) is 5.92 Å². The molecular formula is C13H24O6. The summed E-state index contributed by atoms with van der Waals surface area (Å²) in [5, 5.41) is 0. The zero-order valence-corrected chi connectivity index (χ0v) is 12.5. The van der Waals surface area contributed by atoms with Gasteiger partial charge in [0.1, 0.15) is 0 Å². The zero-order valence-electron chi connectivity index (χ0n) is 12.5. The second-order valence-corrected chi connectivity index (χ2v) is 4.44. The monoisotopic (exact) mass is 276 g/mol. The van der Waals surface area contributed by atoms with Gasteiger partial charge in [-0.15, -0.1) is 0 Å². The van der Waals surface area contributed by atoms with Crippen molar-refractivity contribution in [3.63, 3.8) is 0 Å². The van der Waals surface area contributed by atoms with Crippen molar-refractivity contribution in [2.24, 2.45) is 5.92 Å². The van der Waals surface area contributed by atoms with Gasteiger partial charge in [0.05, 0.1) is 19.1 Å². The summed E-state index contributed by atoms with van der Waals surface area (Å²) < 4.78 is 20.4. The SMILES string of the molecule is CCOC(=O)C(C)C(OC(C)(C)OC)C(=O)OCC. The van der Waals surface area contributed by atoms with Crippen molar-refractivity contribution < 1.29 is 28.5 Å². The topological polar surface area (TPSA) is 71.1 Å². The molecule has 0 aliphatic carbocycles. The zero-order chi connectivity index (χ0) is 15.1. The smallest absolute Gasteiger partial charge is 0.336 e. The van der Waals surface area contributed by atoms with Crippen molar-refractivity contribution in [2.75, 3.05) is 20.3 Å². The number of hydrogen-bond acceptors (Lipinski definition) is 6. The van der Waals surface area contributed by atoms with E-state index in [0.29, 0.717) is 0 Å².